The van der Waals surface area contributed by atoms with Gasteiger partial charge in [-0.1, -0.05) is 0 Å². The summed E-state index contributed by atoms with van der Waals surface area (Å²) in [6.07, 6.45) is 2.91. The summed E-state index contributed by atoms with van der Waals surface area (Å²) in [5.74, 6) is 0.254. The monoisotopic (exact) mass is 266 g/mol. The molecule has 0 atom stereocenters. The van der Waals surface area contributed by atoms with Crippen LogP contribution >= 0.6 is 0 Å². The van der Waals surface area contributed by atoms with Gasteiger partial charge in [-0.15, -0.1) is 0 Å². The fourth-order valence-corrected chi connectivity index (χ4v) is 1.62. The number of ether oxygens (including phenoxy) is 1. The zero-order valence-electron chi connectivity index (χ0n) is 10.4. The number of aromatic amines is 1. The fraction of sp³-hybridized carbons (Fsp3) is 0.333. The highest BCUT2D eigenvalue weighted by Gasteiger charge is 2.10. The molecular formula is C12H14N2O5. The van der Waals surface area contributed by atoms with Gasteiger partial charge < -0.3 is 14.3 Å². The number of furan rings is 1. The number of aliphatic hydroxyl groups is 1. The summed E-state index contributed by atoms with van der Waals surface area (Å²) in [5.41, 5.74) is 0.207. The molecule has 0 aliphatic carbocycles. The lowest BCUT2D eigenvalue weighted by molar-refractivity contribution is 0.170. The molecule has 0 amide bonds. The van der Waals surface area contributed by atoms with Gasteiger partial charge >= 0.3 is 5.69 Å². The third-order valence-electron chi connectivity index (χ3n) is 2.56. The molecule has 0 unspecified atom stereocenters. The van der Waals surface area contributed by atoms with E-state index in [-0.39, 0.29) is 25.7 Å². The molecule has 0 spiro atoms. The molecular weight excluding hydrogens is 252 g/mol. The van der Waals surface area contributed by atoms with Gasteiger partial charge in [-0.25, -0.2) is 4.79 Å². The second-order valence-electron chi connectivity index (χ2n) is 4.00. The molecule has 0 aliphatic heterocycles. The zero-order chi connectivity index (χ0) is 13.8. The van der Waals surface area contributed by atoms with Crippen molar-refractivity contribution in [3.8, 4) is 5.95 Å². The van der Waals surface area contributed by atoms with Crippen LogP contribution in [0.1, 0.15) is 11.1 Å². The van der Waals surface area contributed by atoms with E-state index < -0.39 is 11.2 Å². The van der Waals surface area contributed by atoms with Crippen molar-refractivity contribution in [3.05, 3.63) is 50.5 Å². The number of aryl methyl sites for hydroxylation is 1. The number of nitrogens with one attached hydrogen (secondary N) is 1. The van der Waals surface area contributed by atoms with Gasteiger partial charge in [0.05, 0.1) is 25.0 Å². The Kier molecular flexibility index (Phi) is 3.86. The van der Waals surface area contributed by atoms with Crippen molar-refractivity contribution in [2.24, 2.45) is 0 Å². The van der Waals surface area contributed by atoms with Crippen LogP contribution in [0.4, 0.5) is 0 Å². The van der Waals surface area contributed by atoms with E-state index >= 15 is 0 Å². The van der Waals surface area contributed by atoms with E-state index in [0.29, 0.717) is 11.1 Å². The summed E-state index contributed by atoms with van der Waals surface area (Å²) < 4.78 is 11.7. The largest absolute Gasteiger partial charge is 0.462 e. The molecule has 19 heavy (non-hydrogen) atoms. The molecule has 0 saturated heterocycles. The van der Waals surface area contributed by atoms with Crippen molar-refractivity contribution in [3.63, 3.8) is 0 Å². The van der Waals surface area contributed by atoms with Crippen LogP contribution in [0.15, 0.2) is 32.5 Å². The average molecular weight is 266 g/mol. The highest BCUT2D eigenvalue weighted by atomic mass is 16.6. The maximum atomic E-state index is 11.6. The minimum atomic E-state index is -0.495. The molecule has 7 nitrogen and oxygen atoms in total. The molecule has 7 heteroatoms. The van der Waals surface area contributed by atoms with Crippen molar-refractivity contribution in [1.82, 2.24) is 9.55 Å². The number of hydrogen-bond acceptors (Lipinski definition) is 5. The Labute approximate surface area is 108 Å². The van der Waals surface area contributed by atoms with Crippen LogP contribution in [0.2, 0.25) is 0 Å². The lowest BCUT2D eigenvalue weighted by Crippen LogP contribution is -2.31. The molecule has 0 bridgehead atoms. The van der Waals surface area contributed by atoms with Gasteiger partial charge in [0.1, 0.15) is 6.61 Å². The van der Waals surface area contributed by atoms with E-state index in [9.17, 15) is 9.59 Å². The SMILES string of the molecule is Cc1cn(Cc2ccoc2OCCO)c(=O)[nH]c1=O. The van der Waals surface area contributed by atoms with Crippen molar-refractivity contribution in [2.75, 3.05) is 13.2 Å². The number of H-pyrrole nitrogens is 1. The van der Waals surface area contributed by atoms with Gasteiger partial charge in [-0.2, -0.15) is 0 Å². The standard InChI is InChI=1S/C12H14N2O5/c1-8-6-14(12(17)13-10(8)16)7-9-2-4-18-11(9)19-5-3-15/h2,4,6,15H,3,5,7H2,1H3,(H,13,16,17). The molecule has 0 aliphatic rings. The van der Waals surface area contributed by atoms with Crippen LogP contribution in [0, 0.1) is 6.92 Å². The Morgan fingerprint density at radius 3 is 3.00 bits per heavy atom. The number of hydrogen-bond donors (Lipinski definition) is 2. The van der Waals surface area contributed by atoms with Crippen LogP contribution in [0.25, 0.3) is 0 Å². The quantitative estimate of drug-likeness (QED) is 0.784. The van der Waals surface area contributed by atoms with E-state index in [2.05, 4.69) is 4.98 Å². The third kappa shape index (κ3) is 2.94. The molecule has 0 fully saturated rings. The van der Waals surface area contributed by atoms with Crippen LogP contribution in [-0.2, 0) is 6.54 Å². The Morgan fingerprint density at radius 1 is 1.47 bits per heavy atom. The molecule has 2 N–H and O–H groups in total. The number of aromatic nitrogens is 2. The molecule has 2 aromatic rings. The predicted octanol–water partition coefficient (Wildman–Crippen LogP) is -0.143. The molecule has 0 saturated carbocycles. The fourth-order valence-electron chi connectivity index (χ4n) is 1.62. The van der Waals surface area contributed by atoms with E-state index in [0.717, 1.165) is 0 Å². The van der Waals surface area contributed by atoms with Gasteiger partial charge in [0.15, 0.2) is 0 Å². The van der Waals surface area contributed by atoms with Gasteiger partial charge in [-0.05, 0) is 13.0 Å². The predicted molar refractivity (Wildman–Crippen MR) is 66.5 cm³/mol. The Bertz CT molecular complexity index is 667. The van der Waals surface area contributed by atoms with E-state index in [1.807, 2.05) is 0 Å². The van der Waals surface area contributed by atoms with Crippen LogP contribution in [0.5, 0.6) is 5.95 Å². The summed E-state index contributed by atoms with van der Waals surface area (Å²) in [6, 6.07) is 1.67. The van der Waals surface area contributed by atoms with E-state index in [1.165, 1.54) is 17.0 Å². The van der Waals surface area contributed by atoms with Crippen molar-refractivity contribution in [2.45, 2.75) is 13.5 Å². The molecule has 2 heterocycles. The van der Waals surface area contributed by atoms with Gasteiger partial charge in [-0.3, -0.25) is 14.3 Å². The summed E-state index contributed by atoms with van der Waals surface area (Å²) in [6.45, 7) is 1.82. The maximum Gasteiger partial charge on any atom is 0.328 e. The molecule has 0 aromatic carbocycles. The summed E-state index contributed by atoms with van der Waals surface area (Å²) in [4.78, 5) is 25.1. The third-order valence-corrected chi connectivity index (χ3v) is 2.56. The normalized spacial score (nSPS) is 10.6. The van der Waals surface area contributed by atoms with Crippen molar-refractivity contribution < 1.29 is 14.3 Å². The molecule has 0 radical (unpaired) electrons. The average Bonchev–Trinajstić information content (AvgIpc) is 2.81. The first-order valence-electron chi connectivity index (χ1n) is 5.72. The van der Waals surface area contributed by atoms with Crippen LogP contribution in [-0.4, -0.2) is 27.9 Å². The van der Waals surface area contributed by atoms with Crippen molar-refractivity contribution in [1.29, 1.82) is 0 Å². The Hall–Kier alpha value is -2.28. The Balaban J connectivity index is 2.27. The van der Waals surface area contributed by atoms with E-state index in [4.69, 9.17) is 14.3 Å². The number of nitrogens with zero attached hydrogens (tertiary/aromatic N) is 1. The highest BCUT2D eigenvalue weighted by molar-refractivity contribution is 5.23. The topological polar surface area (TPSA) is 97.5 Å². The first-order chi connectivity index (χ1) is 9.11. The smallest absolute Gasteiger partial charge is 0.328 e. The summed E-state index contributed by atoms with van der Waals surface area (Å²) in [7, 11) is 0. The number of rotatable bonds is 5. The maximum absolute atomic E-state index is 11.6. The minimum Gasteiger partial charge on any atom is -0.462 e. The first kappa shape index (κ1) is 13.2. The van der Waals surface area contributed by atoms with Gasteiger partial charge in [0.25, 0.3) is 11.5 Å². The zero-order valence-corrected chi connectivity index (χ0v) is 10.4. The second-order valence-corrected chi connectivity index (χ2v) is 4.00. The van der Waals surface area contributed by atoms with Crippen LogP contribution in [0.3, 0.4) is 0 Å². The van der Waals surface area contributed by atoms with E-state index in [1.54, 1.807) is 13.0 Å². The molecule has 102 valence electrons. The lowest BCUT2D eigenvalue weighted by Gasteiger charge is -2.06. The lowest BCUT2D eigenvalue weighted by atomic mass is 10.3. The summed E-state index contributed by atoms with van der Waals surface area (Å²) >= 11 is 0. The molecule has 2 aromatic heterocycles. The second kappa shape index (κ2) is 5.57. The summed E-state index contributed by atoms with van der Waals surface area (Å²) in [5, 5.41) is 8.70. The van der Waals surface area contributed by atoms with Crippen LogP contribution < -0.4 is 16.0 Å². The first-order valence-corrected chi connectivity index (χ1v) is 5.72. The van der Waals surface area contributed by atoms with Crippen molar-refractivity contribution >= 4 is 0 Å². The molecule has 2 rings (SSSR count). The van der Waals surface area contributed by atoms with Gasteiger partial charge in [0.2, 0.25) is 0 Å². The highest BCUT2D eigenvalue weighted by Crippen LogP contribution is 2.20. The Morgan fingerprint density at radius 2 is 2.26 bits per heavy atom. The minimum absolute atomic E-state index is 0.111. The number of aliphatic hydroxyl groups excluding tert-OH is 1. The van der Waals surface area contributed by atoms with Gasteiger partial charge in [0, 0.05) is 11.8 Å².